The fraction of sp³-hybridized carbons (Fsp3) is 0.391. The van der Waals surface area contributed by atoms with Crippen molar-refractivity contribution >= 4 is 62.3 Å². The molecule has 1 N–H and O–H groups in total. The van der Waals surface area contributed by atoms with Gasteiger partial charge >= 0.3 is 0 Å². The molecule has 0 aliphatic carbocycles. The number of carbonyl (C=O) groups is 2. The molecular weight excluding hydrogens is 521 g/mol. The minimum absolute atomic E-state index is 0.0322. The molecule has 0 saturated heterocycles. The number of hydrogen-bond donors (Lipinski definition) is 1. The van der Waals surface area contributed by atoms with Gasteiger partial charge in [0, 0.05) is 28.2 Å². The standard InChI is InChI=1S/C23H28Cl3N3O4S/c1-4-10-27-23(31)21(5-2)28(14-16-8-6-7-9-20(16)26)22(30)15-29(34(3,32)33)19-12-17(24)11-18(25)13-19/h6-9,11-13,21H,4-5,10,14-15H2,1-3H3,(H,27,31). The van der Waals surface area contributed by atoms with Crippen LogP contribution in [0.25, 0.3) is 0 Å². The van der Waals surface area contributed by atoms with Gasteiger partial charge < -0.3 is 10.2 Å². The van der Waals surface area contributed by atoms with Crippen LogP contribution in [0.3, 0.4) is 0 Å². The molecule has 186 valence electrons. The van der Waals surface area contributed by atoms with Gasteiger partial charge in [-0.25, -0.2) is 8.42 Å². The van der Waals surface area contributed by atoms with Gasteiger partial charge in [0.25, 0.3) is 0 Å². The summed E-state index contributed by atoms with van der Waals surface area (Å²) in [6.07, 6.45) is 2.05. The fourth-order valence-electron chi connectivity index (χ4n) is 3.39. The Labute approximate surface area is 216 Å². The van der Waals surface area contributed by atoms with Gasteiger partial charge in [0.2, 0.25) is 21.8 Å². The predicted molar refractivity (Wildman–Crippen MR) is 138 cm³/mol. The van der Waals surface area contributed by atoms with E-state index in [-0.39, 0.29) is 28.2 Å². The SMILES string of the molecule is CCCNC(=O)C(CC)N(Cc1ccccc1Cl)C(=O)CN(c1cc(Cl)cc(Cl)c1)S(C)(=O)=O. The highest BCUT2D eigenvalue weighted by Gasteiger charge is 2.32. The first-order valence-electron chi connectivity index (χ1n) is 10.7. The molecule has 2 aromatic rings. The zero-order valence-corrected chi connectivity index (χ0v) is 22.3. The van der Waals surface area contributed by atoms with Crippen molar-refractivity contribution < 1.29 is 18.0 Å². The summed E-state index contributed by atoms with van der Waals surface area (Å²) in [7, 11) is -3.89. The Balaban J connectivity index is 2.47. The number of halogens is 3. The molecule has 7 nitrogen and oxygen atoms in total. The van der Waals surface area contributed by atoms with Crippen molar-refractivity contribution in [3.63, 3.8) is 0 Å². The lowest BCUT2D eigenvalue weighted by Gasteiger charge is -2.33. The van der Waals surface area contributed by atoms with Crippen LogP contribution in [0.15, 0.2) is 42.5 Å². The van der Waals surface area contributed by atoms with E-state index < -0.39 is 28.5 Å². The molecule has 2 aromatic carbocycles. The van der Waals surface area contributed by atoms with Crippen molar-refractivity contribution in [1.82, 2.24) is 10.2 Å². The van der Waals surface area contributed by atoms with E-state index in [0.717, 1.165) is 17.0 Å². The number of nitrogens with zero attached hydrogens (tertiary/aromatic N) is 2. The molecule has 1 unspecified atom stereocenters. The molecule has 0 aliphatic heterocycles. The lowest BCUT2D eigenvalue weighted by Crippen LogP contribution is -2.52. The van der Waals surface area contributed by atoms with Gasteiger partial charge in [0.1, 0.15) is 12.6 Å². The molecule has 0 aliphatic rings. The molecule has 34 heavy (non-hydrogen) atoms. The van der Waals surface area contributed by atoms with Gasteiger partial charge in [0.05, 0.1) is 11.9 Å². The maximum Gasteiger partial charge on any atom is 0.244 e. The summed E-state index contributed by atoms with van der Waals surface area (Å²) in [5.41, 5.74) is 0.783. The number of amides is 2. The van der Waals surface area contributed by atoms with E-state index in [1.54, 1.807) is 31.2 Å². The number of hydrogen-bond acceptors (Lipinski definition) is 4. The van der Waals surface area contributed by atoms with Crippen molar-refractivity contribution in [2.75, 3.05) is 23.7 Å². The average Bonchev–Trinajstić information content (AvgIpc) is 2.75. The average molecular weight is 549 g/mol. The summed E-state index contributed by atoms with van der Waals surface area (Å²) < 4.78 is 26.1. The Morgan fingerprint density at radius 2 is 1.65 bits per heavy atom. The number of anilines is 1. The number of rotatable bonds is 11. The van der Waals surface area contributed by atoms with Crippen molar-refractivity contribution in [2.45, 2.75) is 39.3 Å². The van der Waals surface area contributed by atoms with Gasteiger partial charge in [-0.15, -0.1) is 0 Å². The number of benzene rings is 2. The molecular formula is C23H28Cl3N3O4S. The zero-order chi connectivity index (χ0) is 25.5. The van der Waals surface area contributed by atoms with E-state index >= 15 is 0 Å². The van der Waals surface area contributed by atoms with E-state index in [9.17, 15) is 18.0 Å². The third-order valence-electron chi connectivity index (χ3n) is 5.05. The molecule has 0 saturated carbocycles. The van der Waals surface area contributed by atoms with Crippen LogP contribution in [-0.4, -0.2) is 50.5 Å². The van der Waals surface area contributed by atoms with Crippen LogP contribution in [0.4, 0.5) is 5.69 Å². The maximum atomic E-state index is 13.6. The Morgan fingerprint density at radius 1 is 1.03 bits per heavy atom. The fourth-order valence-corrected chi connectivity index (χ4v) is 4.94. The van der Waals surface area contributed by atoms with Crippen LogP contribution in [0, 0.1) is 0 Å². The van der Waals surface area contributed by atoms with Crippen molar-refractivity contribution in [3.8, 4) is 0 Å². The van der Waals surface area contributed by atoms with Gasteiger partial charge in [-0.3, -0.25) is 13.9 Å². The molecule has 0 spiro atoms. The third-order valence-corrected chi connectivity index (χ3v) is 6.99. The minimum Gasteiger partial charge on any atom is -0.354 e. The van der Waals surface area contributed by atoms with Crippen LogP contribution < -0.4 is 9.62 Å². The molecule has 1 atom stereocenters. The smallest absolute Gasteiger partial charge is 0.244 e. The largest absolute Gasteiger partial charge is 0.354 e. The van der Waals surface area contributed by atoms with Gasteiger partial charge in [-0.1, -0.05) is 66.8 Å². The summed E-state index contributed by atoms with van der Waals surface area (Å²) in [6.45, 7) is 3.66. The first-order chi connectivity index (χ1) is 16.0. The van der Waals surface area contributed by atoms with E-state index in [1.807, 2.05) is 6.92 Å². The van der Waals surface area contributed by atoms with E-state index in [4.69, 9.17) is 34.8 Å². The second kappa shape index (κ2) is 12.6. The first-order valence-corrected chi connectivity index (χ1v) is 13.7. The van der Waals surface area contributed by atoms with E-state index in [2.05, 4.69) is 5.32 Å². The van der Waals surface area contributed by atoms with Gasteiger partial charge in [-0.05, 0) is 42.7 Å². The van der Waals surface area contributed by atoms with Crippen molar-refractivity contribution in [3.05, 3.63) is 63.1 Å². The minimum atomic E-state index is -3.89. The van der Waals surface area contributed by atoms with Gasteiger partial charge in [0.15, 0.2) is 0 Å². The van der Waals surface area contributed by atoms with Crippen LogP contribution in [0.2, 0.25) is 15.1 Å². The van der Waals surface area contributed by atoms with Crippen LogP contribution in [0.5, 0.6) is 0 Å². The summed E-state index contributed by atoms with van der Waals surface area (Å²) in [5, 5.41) is 3.70. The third kappa shape index (κ3) is 7.77. The second-order valence-corrected chi connectivity index (χ2v) is 10.9. The van der Waals surface area contributed by atoms with Crippen molar-refractivity contribution in [2.24, 2.45) is 0 Å². The van der Waals surface area contributed by atoms with E-state index in [0.29, 0.717) is 23.6 Å². The Kier molecular flexibility index (Phi) is 10.5. The summed E-state index contributed by atoms with van der Waals surface area (Å²) in [4.78, 5) is 27.8. The molecule has 0 fully saturated rings. The van der Waals surface area contributed by atoms with Crippen LogP contribution >= 0.6 is 34.8 Å². The molecule has 0 heterocycles. The highest BCUT2D eigenvalue weighted by atomic mass is 35.5. The predicted octanol–water partition coefficient (Wildman–Crippen LogP) is 4.75. The molecule has 11 heteroatoms. The van der Waals surface area contributed by atoms with Gasteiger partial charge in [-0.2, -0.15) is 0 Å². The molecule has 0 aromatic heterocycles. The zero-order valence-electron chi connectivity index (χ0n) is 19.2. The van der Waals surface area contributed by atoms with Crippen molar-refractivity contribution in [1.29, 1.82) is 0 Å². The number of sulfonamides is 1. The lowest BCUT2D eigenvalue weighted by molar-refractivity contribution is -0.140. The quantitative estimate of drug-likeness (QED) is 0.439. The Hall–Kier alpha value is -2.00. The molecule has 0 radical (unpaired) electrons. The summed E-state index contributed by atoms with van der Waals surface area (Å²) >= 11 is 18.4. The van der Waals surface area contributed by atoms with E-state index in [1.165, 1.54) is 23.1 Å². The van der Waals surface area contributed by atoms with Crippen LogP contribution in [-0.2, 0) is 26.2 Å². The number of nitrogens with one attached hydrogen (secondary N) is 1. The first kappa shape index (κ1) is 28.2. The molecule has 2 amide bonds. The normalized spacial score (nSPS) is 12.2. The highest BCUT2D eigenvalue weighted by Crippen LogP contribution is 2.28. The summed E-state index contributed by atoms with van der Waals surface area (Å²) in [5.74, 6) is -0.888. The number of carbonyl (C=O) groups excluding carboxylic acids is 2. The Bertz CT molecular complexity index is 1110. The monoisotopic (exact) mass is 547 g/mol. The second-order valence-electron chi connectivity index (χ2n) is 7.73. The Morgan fingerprint density at radius 3 is 2.18 bits per heavy atom. The lowest BCUT2D eigenvalue weighted by atomic mass is 10.1. The van der Waals surface area contributed by atoms with Crippen LogP contribution in [0.1, 0.15) is 32.3 Å². The molecule has 0 bridgehead atoms. The maximum absolute atomic E-state index is 13.6. The summed E-state index contributed by atoms with van der Waals surface area (Å²) in [6, 6.07) is 10.4. The highest BCUT2D eigenvalue weighted by molar-refractivity contribution is 7.92. The molecule has 2 rings (SSSR count). The topological polar surface area (TPSA) is 86.8 Å².